The number of carbonyl (C=O) groups excluding carboxylic acids is 1. The Morgan fingerprint density at radius 2 is 1.79 bits per heavy atom. The molecule has 2 atom stereocenters. The molecule has 1 unspecified atom stereocenters. The molecular weight excluding hydrogens is 468 g/mol. The maximum absolute atomic E-state index is 12.8. The van der Waals surface area contributed by atoms with Gasteiger partial charge in [-0.15, -0.1) is 0 Å². The number of rotatable bonds is 10. The Balaban J connectivity index is 1.41. The number of likely N-dealkylation sites (tertiary alicyclic amines) is 2. The third-order valence-corrected chi connectivity index (χ3v) is 9.70. The first-order chi connectivity index (χ1) is 16.2. The summed E-state index contributed by atoms with van der Waals surface area (Å²) in [5, 5.41) is 0. The van der Waals surface area contributed by atoms with Crippen LogP contribution >= 0.6 is 11.9 Å². The summed E-state index contributed by atoms with van der Waals surface area (Å²) in [6, 6.07) is 4.95. The number of hydrogen-bond acceptors (Lipinski definition) is 7. The van der Waals surface area contributed by atoms with Crippen molar-refractivity contribution in [3.8, 4) is 5.75 Å². The van der Waals surface area contributed by atoms with Crippen molar-refractivity contribution >= 4 is 28.7 Å². The Morgan fingerprint density at radius 3 is 2.41 bits per heavy atom. The topological polar surface area (TPSA) is 56.3 Å². The molecule has 34 heavy (non-hydrogen) atoms. The highest BCUT2D eigenvalue weighted by atomic mass is 32.2. The highest BCUT2D eigenvalue weighted by Gasteiger charge is 2.33. The van der Waals surface area contributed by atoms with Crippen LogP contribution in [0.2, 0.25) is 0 Å². The van der Waals surface area contributed by atoms with E-state index in [2.05, 4.69) is 35.0 Å². The van der Waals surface area contributed by atoms with Gasteiger partial charge in [-0.05, 0) is 95.5 Å². The average molecular weight is 511 g/mol. The molecule has 1 aromatic rings. The first kappa shape index (κ1) is 27.5. The second-order valence-corrected chi connectivity index (χ2v) is 12.6. The highest BCUT2D eigenvalue weighted by molar-refractivity contribution is 7.97. The molecule has 3 rings (SSSR count). The van der Waals surface area contributed by atoms with Crippen molar-refractivity contribution in [2.24, 2.45) is 0 Å². The van der Waals surface area contributed by atoms with Crippen molar-refractivity contribution in [2.45, 2.75) is 50.1 Å². The third kappa shape index (κ3) is 7.43. The molecule has 1 amide bonds. The lowest BCUT2D eigenvalue weighted by Crippen LogP contribution is -2.45. The summed E-state index contributed by atoms with van der Waals surface area (Å²) in [6.45, 7) is 9.14. The van der Waals surface area contributed by atoms with Crippen LogP contribution < -0.4 is 4.74 Å². The van der Waals surface area contributed by atoms with Crippen molar-refractivity contribution in [3.63, 3.8) is 0 Å². The monoisotopic (exact) mass is 510 g/mol. The zero-order valence-electron chi connectivity index (χ0n) is 21.7. The van der Waals surface area contributed by atoms with Crippen molar-refractivity contribution in [3.05, 3.63) is 23.3 Å². The van der Waals surface area contributed by atoms with E-state index in [0.717, 1.165) is 49.5 Å². The molecular formula is C25H42N4O3S2. The van der Waals surface area contributed by atoms with Gasteiger partial charge in [-0.2, -0.15) is 0 Å². The molecule has 0 spiro atoms. The van der Waals surface area contributed by atoms with Crippen LogP contribution in [0.15, 0.2) is 17.0 Å². The molecule has 2 saturated heterocycles. The van der Waals surface area contributed by atoms with Gasteiger partial charge in [0.15, 0.2) is 0 Å². The Kier molecular flexibility index (Phi) is 10.3. The molecule has 2 aliphatic rings. The summed E-state index contributed by atoms with van der Waals surface area (Å²) in [4.78, 5) is 20.8. The fraction of sp³-hybridized carbons (Fsp3) is 0.720. The SMILES string of the molecule is COc1cc(C)c(SN(C)CCS(=O)CC(=O)N(C)[C@@H]2CCN(C3CCN(C)CC3)C2)c(C)c1. The van der Waals surface area contributed by atoms with Gasteiger partial charge in [0.05, 0.1) is 7.11 Å². The van der Waals surface area contributed by atoms with Crippen LogP contribution in [0.25, 0.3) is 0 Å². The maximum Gasteiger partial charge on any atom is 0.235 e. The maximum atomic E-state index is 12.8. The Labute approximate surface area is 212 Å². The number of carbonyl (C=O) groups is 1. The van der Waals surface area contributed by atoms with Crippen molar-refractivity contribution in [1.82, 2.24) is 19.0 Å². The summed E-state index contributed by atoms with van der Waals surface area (Å²) in [7, 11) is 6.60. The fourth-order valence-corrected chi connectivity index (χ4v) is 7.01. The molecule has 192 valence electrons. The molecule has 2 heterocycles. The molecule has 0 aromatic heterocycles. The largest absolute Gasteiger partial charge is 0.497 e. The zero-order chi connectivity index (χ0) is 24.8. The molecule has 1 aromatic carbocycles. The quantitative estimate of drug-likeness (QED) is 0.449. The number of nitrogens with zero attached hydrogens (tertiary/aromatic N) is 4. The van der Waals surface area contributed by atoms with Gasteiger partial charge < -0.3 is 14.5 Å². The van der Waals surface area contributed by atoms with E-state index in [0.29, 0.717) is 18.3 Å². The number of ether oxygens (including phenoxy) is 1. The van der Waals surface area contributed by atoms with Crippen LogP contribution in [0, 0.1) is 13.8 Å². The van der Waals surface area contributed by atoms with Crippen LogP contribution in [0.4, 0.5) is 0 Å². The van der Waals surface area contributed by atoms with Crippen LogP contribution in [0.5, 0.6) is 5.75 Å². The van der Waals surface area contributed by atoms with Gasteiger partial charge >= 0.3 is 0 Å². The van der Waals surface area contributed by atoms with E-state index in [4.69, 9.17) is 4.74 Å². The summed E-state index contributed by atoms with van der Waals surface area (Å²) in [5.74, 6) is 1.47. The third-order valence-electron chi connectivity index (χ3n) is 7.18. The predicted octanol–water partition coefficient (Wildman–Crippen LogP) is 2.63. The van der Waals surface area contributed by atoms with E-state index < -0.39 is 10.8 Å². The van der Waals surface area contributed by atoms with E-state index in [9.17, 15) is 9.00 Å². The summed E-state index contributed by atoms with van der Waals surface area (Å²) < 4.78 is 20.1. The van der Waals surface area contributed by atoms with Gasteiger partial charge in [0.2, 0.25) is 5.91 Å². The second kappa shape index (κ2) is 12.7. The van der Waals surface area contributed by atoms with Crippen LogP contribution in [-0.4, -0.2) is 114 Å². The number of piperidine rings is 1. The minimum absolute atomic E-state index is 0.00529. The first-order valence-corrected chi connectivity index (χ1v) is 14.5. The first-order valence-electron chi connectivity index (χ1n) is 12.3. The van der Waals surface area contributed by atoms with Crippen molar-refractivity contribution < 1.29 is 13.7 Å². The van der Waals surface area contributed by atoms with Crippen molar-refractivity contribution in [1.29, 1.82) is 0 Å². The normalized spacial score (nSPS) is 21.2. The highest BCUT2D eigenvalue weighted by Crippen LogP contribution is 2.31. The lowest BCUT2D eigenvalue weighted by molar-refractivity contribution is -0.129. The standard InChI is InChI=1S/C25H42N4O3S2/c1-19-15-23(32-6)16-20(2)25(19)33-27(4)13-14-34(31)18-24(30)28(5)22-9-12-29(17-22)21-7-10-26(3)11-8-21/h15-16,21-22H,7-14,17-18H2,1-6H3/t22-,34?/m1/s1. The lowest BCUT2D eigenvalue weighted by Gasteiger charge is -2.35. The van der Waals surface area contributed by atoms with E-state index in [-0.39, 0.29) is 17.7 Å². The Hall–Kier alpha value is -1.13. The minimum atomic E-state index is -1.17. The predicted molar refractivity (Wildman–Crippen MR) is 142 cm³/mol. The Bertz CT molecular complexity index is 838. The molecule has 0 saturated carbocycles. The van der Waals surface area contributed by atoms with Crippen LogP contribution in [-0.2, 0) is 15.6 Å². The lowest BCUT2D eigenvalue weighted by atomic mass is 10.0. The zero-order valence-corrected chi connectivity index (χ0v) is 23.3. The van der Waals surface area contributed by atoms with E-state index >= 15 is 0 Å². The number of likely N-dealkylation sites (N-methyl/N-ethyl adjacent to an activating group) is 1. The number of benzene rings is 1. The molecule has 7 nitrogen and oxygen atoms in total. The van der Waals surface area contributed by atoms with Crippen LogP contribution in [0.3, 0.4) is 0 Å². The number of methoxy groups -OCH3 is 1. The molecule has 0 radical (unpaired) electrons. The van der Waals surface area contributed by atoms with Crippen LogP contribution in [0.1, 0.15) is 30.4 Å². The number of hydrogen-bond donors (Lipinski definition) is 0. The van der Waals surface area contributed by atoms with Crippen molar-refractivity contribution in [2.75, 3.05) is 72.5 Å². The molecule has 0 bridgehead atoms. The van der Waals surface area contributed by atoms with Gasteiger partial charge in [0.1, 0.15) is 11.5 Å². The smallest absolute Gasteiger partial charge is 0.235 e. The molecule has 2 fully saturated rings. The fourth-order valence-electron chi connectivity index (χ4n) is 4.90. The minimum Gasteiger partial charge on any atom is -0.497 e. The average Bonchev–Trinajstić information content (AvgIpc) is 3.30. The molecule has 0 N–H and O–H groups in total. The van der Waals surface area contributed by atoms with E-state index in [1.807, 2.05) is 31.1 Å². The second-order valence-electron chi connectivity index (χ2n) is 9.80. The van der Waals surface area contributed by atoms with Gasteiger partial charge in [-0.3, -0.25) is 13.9 Å². The van der Waals surface area contributed by atoms with E-state index in [1.54, 1.807) is 19.1 Å². The molecule has 0 aliphatic carbocycles. The van der Waals surface area contributed by atoms with Gasteiger partial charge in [0.25, 0.3) is 0 Å². The number of aryl methyl sites for hydroxylation is 2. The molecule has 2 aliphatic heterocycles. The summed E-state index contributed by atoms with van der Waals surface area (Å²) in [6.07, 6.45) is 3.44. The summed E-state index contributed by atoms with van der Waals surface area (Å²) >= 11 is 1.66. The number of amides is 1. The van der Waals surface area contributed by atoms with Gasteiger partial charge in [-0.25, -0.2) is 4.31 Å². The Morgan fingerprint density at radius 1 is 1.15 bits per heavy atom. The van der Waals surface area contributed by atoms with Gasteiger partial charge in [0, 0.05) is 60.2 Å². The summed E-state index contributed by atoms with van der Waals surface area (Å²) in [5.41, 5.74) is 2.33. The molecule has 9 heteroatoms. The van der Waals surface area contributed by atoms with Gasteiger partial charge in [-0.1, -0.05) is 0 Å². The van der Waals surface area contributed by atoms with E-state index in [1.165, 1.54) is 17.7 Å².